The van der Waals surface area contributed by atoms with E-state index in [4.69, 9.17) is 5.73 Å². The Balaban J connectivity index is 1.96. The molecule has 0 aromatic carbocycles. The van der Waals surface area contributed by atoms with E-state index in [-0.39, 0.29) is 29.8 Å². The Bertz CT molecular complexity index is 722. The minimum absolute atomic E-state index is 0.150. The van der Waals surface area contributed by atoms with Gasteiger partial charge < -0.3 is 5.73 Å². The summed E-state index contributed by atoms with van der Waals surface area (Å²) in [6, 6.07) is 1.92. The first-order valence-electron chi connectivity index (χ1n) is 6.47. The SMILES string of the molecule is C[C@H]1CN(c2ccc(C(F)(F)F)cn2)C(=O)c2c(N)cnn21. The van der Waals surface area contributed by atoms with Crippen molar-refractivity contribution < 1.29 is 18.0 Å². The van der Waals surface area contributed by atoms with Gasteiger partial charge in [0.25, 0.3) is 5.91 Å². The highest BCUT2D eigenvalue weighted by Gasteiger charge is 2.35. The lowest BCUT2D eigenvalue weighted by molar-refractivity contribution is -0.137. The molecule has 0 spiro atoms. The Morgan fingerprint density at radius 3 is 2.64 bits per heavy atom. The molecule has 116 valence electrons. The van der Waals surface area contributed by atoms with Gasteiger partial charge in [0.1, 0.15) is 11.5 Å². The van der Waals surface area contributed by atoms with Crippen molar-refractivity contribution in [3.05, 3.63) is 35.8 Å². The van der Waals surface area contributed by atoms with Crippen LogP contribution < -0.4 is 10.6 Å². The van der Waals surface area contributed by atoms with E-state index in [0.717, 1.165) is 6.07 Å². The second-order valence-corrected chi connectivity index (χ2v) is 5.06. The molecule has 6 nitrogen and oxygen atoms in total. The predicted octanol–water partition coefficient (Wildman–Crippen LogP) is 2.10. The molecule has 0 saturated carbocycles. The predicted molar refractivity (Wildman–Crippen MR) is 72.3 cm³/mol. The molecule has 1 aliphatic heterocycles. The molecule has 0 fully saturated rings. The van der Waals surface area contributed by atoms with Crippen molar-refractivity contribution >= 4 is 17.4 Å². The summed E-state index contributed by atoms with van der Waals surface area (Å²) in [6.45, 7) is 2.09. The fourth-order valence-electron chi connectivity index (χ4n) is 2.39. The zero-order valence-electron chi connectivity index (χ0n) is 11.5. The Morgan fingerprint density at radius 1 is 1.32 bits per heavy atom. The van der Waals surface area contributed by atoms with Gasteiger partial charge in [-0.1, -0.05) is 0 Å². The van der Waals surface area contributed by atoms with Crippen LogP contribution in [0.2, 0.25) is 0 Å². The van der Waals surface area contributed by atoms with Crippen molar-refractivity contribution in [2.24, 2.45) is 0 Å². The summed E-state index contributed by atoms with van der Waals surface area (Å²) in [7, 11) is 0. The van der Waals surface area contributed by atoms with E-state index in [2.05, 4.69) is 10.1 Å². The average molecular weight is 311 g/mol. The molecule has 0 aliphatic carbocycles. The molecule has 2 N–H and O–H groups in total. The van der Waals surface area contributed by atoms with Crippen molar-refractivity contribution in [1.82, 2.24) is 14.8 Å². The highest BCUT2D eigenvalue weighted by molar-refractivity contribution is 6.08. The Labute approximate surface area is 123 Å². The van der Waals surface area contributed by atoms with E-state index in [1.165, 1.54) is 21.8 Å². The molecule has 1 atom stereocenters. The van der Waals surface area contributed by atoms with Crippen LogP contribution in [0.3, 0.4) is 0 Å². The number of halogens is 3. The molecule has 2 aromatic rings. The molecule has 0 saturated heterocycles. The van der Waals surface area contributed by atoms with Crippen molar-refractivity contribution in [3.8, 4) is 0 Å². The number of anilines is 2. The van der Waals surface area contributed by atoms with Crippen LogP contribution >= 0.6 is 0 Å². The van der Waals surface area contributed by atoms with Gasteiger partial charge in [0.05, 0.1) is 23.5 Å². The molecule has 9 heteroatoms. The number of fused-ring (bicyclic) bond motifs is 1. The molecular weight excluding hydrogens is 299 g/mol. The number of hydrogen-bond acceptors (Lipinski definition) is 4. The number of amides is 1. The molecule has 22 heavy (non-hydrogen) atoms. The number of nitrogen functional groups attached to an aromatic ring is 1. The number of hydrogen-bond donors (Lipinski definition) is 1. The number of carbonyl (C=O) groups excluding carboxylic acids is 1. The Hall–Kier alpha value is -2.58. The maximum Gasteiger partial charge on any atom is 0.417 e. The van der Waals surface area contributed by atoms with Gasteiger partial charge in [-0.3, -0.25) is 14.4 Å². The second-order valence-electron chi connectivity index (χ2n) is 5.06. The number of pyridine rings is 1. The summed E-state index contributed by atoms with van der Waals surface area (Å²) < 4.78 is 39.2. The van der Waals surface area contributed by atoms with Crippen molar-refractivity contribution in [1.29, 1.82) is 0 Å². The molecule has 0 radical (unpaired) electrons. The van der Waals surface area contributed by atoms with Crippen molar-refractivity contribution in [2.45, 2.75) is 19.1 Å². The van der Waals surface area contributed by atoms with Crippen LogP contribution in [0.25, 0.3) is 0 Å². The van der Waals surface area contributed by atoms with Gasteiger partial charge in [-0.15, -0.1) is 0 Å². The van der Waals surface area contributed by atoms with Crippen LogP contribution in [0.15, 0.2) is 24.5 Å². The zero-order valence-corrected chi connectivity index (χ0v) is 11.5. The highest BCUT2D eigenvalue weighted by atomic mass is 19.4. The van der Waals surface area contributed by atoms with Crippen molar-refractivity contribution in [3.63, 3.8) is 0 Å². The monoisotopic (exact) mass is 311 g/mol. The van der Waals surface area contributed by atoms with Gasteiger partial charge in [0, 0.05) is 12.7 Å². The summed E-state index contributed by atoms with van der Waals surface area (Å²) in [5, 5.41) is 4.04. The maximum absolute atomic E-state index is 12.6. The van der Waals surface area contributed by atoms with Crippen molar-refractivity contribution in [2.75, 3.05) is 17.2 Å². The first-order chi connectivity index (χ1) is 10.3. The number of alkyl halides is 3. The van der Waals surface area contributed by atoms with Crippen LogP contribution in [0.1, 0.15) is 29.0 Å². The largest absolute Gasteiger partial charge is 0.417 e. The third kappa shape index (κ3) is 2.18. The number of nitrogens with zero attached hydrogens (tertiary/aromatic N) is 4. The highest BCUT2D eigenvalue weighted by Crippen LogP contribution is 2.31. The third-order valence-electron chi connectivity index (χ3n) is 3.49. The lowest BCUT2D eigenvalue weighted by Gasteiger charge is -2.31. The number of aromatic nitrogens is 3. The zero-order chi connectivity index (χ0) is 16.1. The summed E-state index contributed by atoms with van der Waals surface area (Å²) in [6.07, 6.45) is -2.37. The first-order valence-corrected chi connectivity index (χ1v) is 6.47. The molecular formula is C13H12F3N5O. The van der Waals surface area contributed by atoms with E-state index in [1.54, 1.807) is 0 Å². The quantitative estimate of drug-likeness (QED) is 0.875. The fraction of sp³-hybridized carbons (Fsp3) is 0.308. The first kappa shape index (κ1) is 14.4. The lowest BCUT2D eigenvalue weighted by Crippen LogP contribution is -2.43. The molecule has 1 aliphatic rings. The minimum atomic E-state index is -4.46. The smallest absolute Gasteiger partial charge is 0.396 e. The number of nitrogens with two attached hydrogens (primary N) is 1. The summed E-state index contributed by atoms with van der Waals surface area (Å²) >= 11 is 0. The van der Waals surface area contributed by atoms with E-state index in [0.29, 0.717) is 6.20 Å². The topological polar surface area (TPSA) is 77.0 Å². The van der Waals surface area contributed by atoms with E-state index >= 15 is 0 Å². The molecule has 2 aromatic heterocycles. The third-order valence-corrected chi connectivity index (χ3v) is 3.49. The Morgan fingerprint density at radius 2 is 2.05 bits per heavy atom. The number of carbonyl (C=O) groups is 1. The van der Waals surface area contributed by atoms with Crippen LogP contribution in [0, 0.1) is 0 Å². The van der Waals surface area contributed by atoms with Gasteiger partial charge in [-0.05, 0) is 19.1 Å². The summed E-state index contributed by atoms with van der Waals surface area (Å²) in [5.74, 6) is -0.281. The molecule has 0 unspecified atom stereocenters. The van der Waals surface area contributed by atoms with Gasteiger partial charge in [0.15, 0.2) is 0 Å². The molecule has 0 bridgehead atoms. The van der Waals surface area contributed by atoms with Crippen LogP contribution in [0.5, 0.6) is 0 Å². The standard InChI is InChI=1S/C13H12F3N5O/c1-7-6-20(12(22)11-9(17)5-19-21(7)11)10-3-2-8(4-18-10)13(14,15)16/h2-5,7H,6,17H2,1H3/t7-/m0/s1. The fourth-order valence-corrected chi connectivity index (χ4v) is 2.39. The second kappa shape index (κ2) is 4.72. The molecule has 1 amide bonds. The minimum Gasteiger partial charge on any atom is -0.396 e. The average Bonchev–Trinajstić information content (AvgIpc) is 2.85. The van der Waals surface area contributed by atoms with Crippen LogP contribution in [0.4, 0.5) is 24.7 Å². The lowest BCUT2D eigenvalue weighted by atomic mass is 10.2. The van der Waals surface area contributed by atoms with Gasteiger partial charge >= 0.3 is 6.18 Å². The number of rotatable bonds is 1. The van der Waals surface area contributed by atoms with Gasteiger partial charge in [-0.25, -0.2) is 4.98 Å². The van der Waals surface area contributed by atoms with Crippen LogP contribution in [-0.4, -0.2) is 27.2 Å². The van der Waals surface area contributed by atoms with E-state index < -0.39 is 17.6 Å². The van der Waals surface area contributed by atoms with Gasteiger partial charge in [0.2, 0.25) is 0 Å². The normalized spacial score (nSPS) is 18.5. The maximum atomic E-state index is 12.6. The van der Waals surface area contributed by atoms with E-state index in [1.807, 2.05) is 6.92 Å². The molecule has 3 heterocycles. The van der Waals surface area contributed by atoms with Gasteiger partial charge in [-0.2, -0.15) is 18.3 Å². The molecule has 3 rings (SSSR count). The summed E-state index contributed by atoms with van der Waals surface area (Å²) in [4.78, 5) is 17.5. The Kier molecular flexibility index (Phi) is 3.08. The van der Waals surface area contributed by atoms with E-state index in [9.17, 15) is 18.0 Å². The van der Waals surface area contributed by atoms with Crippen LogP contribution in [-0.2, 0) is 6.18 Å². The summed E-state index contributed by atoms with van der Waals surface area (Å²) in [5.41, 5.74) is 5.33.